The minimum atomic E-state index is 0.797. The van der Waals surface area contributed by atoms with E-state index in [-0.39, 0.29) is 0 Å². The zero-order chi connectivity index (χ0) is 10.7. The molecule has 0 bridgehead atoms. The predicted octanol–water partition coefficient (Wildman–Crippen LogP) is 4.13. The minimum absolute atomic E-state index is 0.797. The van der Waals surface area contributed by atoms with Crippen molar-refractivity contribution in [1.29, 1.82) is 0 Å². The summed E-state index contributed by atoms with van der Waals surface area (Å²) in [5.74, 6) is 0. The summed E-state index contributed by atoms with van der Waals surface area (Å²) < 4.78 is 1.65. The first-order chi connectivity index (χ1) is 7.25. The van der Waals surface area contributed by atoms with Crippen LogP contribution in [0.5, 0.6) is 0 Å². The van der Waals surface area contributed by atoms with Gasteiger partial charge in [0.1, 0.15) is 0 Å². The highest BCUT2D eigenvalue weighted by Gasteiger charge is 2.19. The number of rotatable bonds is 6. The molecule has 0 saturated heterocycles. The maximum atomic E-state index is 6.04. The van der Waals surface area contributed by atoms with Crippen molar-refractivity contribution in [2.45, 2.75) is 38.1 Å². The Balaban J connectivity index is 1.62. The van der Waals surface area contributed by atoms with Crippen LogP contribution < -0.4 is 5.32 Å². The van der Waals surface area contributed by atoms with Crippen LogP contribution >= 0.6 is 34.5 Å². The summed E-state index contributed by atoms with van der Waals surface area (Å²) in [4.78, 5) is 0. The lowest BCUT2D eigenvalue weighted by Gasteiger charge is -2.02. The lowest BCUT2D eigenvalue weighted by atomic mass is 10.1. The molecule has 1 heterocycles. The molecule has 0 unspecified atom stereocenters. The average molecular weight is 264 g/mol. The maximum Gasteiger partial charge on any atom is 0.0976 e. The standard InChI is InChI=1S/C11H15Cl2NS/c12-10-7-8(11(13)15-10)3-1-2-6-14-9-4-5-9/h7,9,14H,1-6H2. The molecular weight excluding hydrogens is 249 g/mol. The molecule has 0 radical (unpaired) electrons. The molecule has 2 rings (SSSR count). The van der Waals surface area contributed by atoms with Gasteiger partial charge in [-0.05, 0) is 50.3 Å². The number of hydrogen-bond acceptors (Lipinski definition) is 2. The highest BCUT2D eigenvalue weighted by molar-refractivity contribution is 7.20. The Morgan fingerprint density at radius 1 is 1.33 bits per heavy atom. The van der Waals surface area contributed by atoms with E-state index in [4.69, 9.17) is 23.2 Å². The van der Waals surface area contributed by atoms with Gasteiger partial charge in [-0.2, -0.15) is 0 Å². The normalized spacial score (nSPS) is 15.9. The molecule has 1 aromatic heterocycles. The van der Waals surface area contributed by atoms with E-state index < -0.39 is 0 Å². The van der Waals surface area contributed by atoms with Crippen LogP contribution in [0.25, 0.3) is 0 Å². The third-order valence-corrected chi connectivity index (χ3v) is 4.18. The highest BCUT2D eigenvalue weighted by Crippen LogP contribution is 2.32. The summed E-state index contributed by atoms with van der Waals surface area (Å²) in [6, 6.07) is 2.81. The molecule has 1 aliphatic rings. The van der Waals surface area contributed by atoms with Crippen LogP contribution in [0.1, 0.15) is 31.2 Å². The van der Waals surface area contributed by atoms with E-state index in [2.05, 4.69) is 5.32 Å². The van der Waals surface area contributed by atoms with Gasteiger partial charge < -0.3 is 5.32 Å². The van der Waals surface area contributed by atoms with Crippen LogP contribution in [0.4, 0.5) is 0 Å². The lowest BCUT2D eigenvalue weighted by molar-refractivity contribution is 0.620. The van der Waals surface area contributed by atoms with Gasteiger partial charge in [0.2, 0.25) is 0 Å². The monoisotopic (exact) mass is 263 g/mol. The van der Waals surface area contributed by atoms with E-state index in [1.165, 1.54) is 42.6 Å². The summed E-state index contributed by atoms with van der Waals surface area (Å²) >= 11 is 13.4. The molecule has 0 aliphatic heterocycles. The molecule has 1 saturated carbocycles. The molecule has 4 heteroatoms. The Kier molecular flexibility index (Phi) is 4.32. The van der Waals surface area contributed by atoms with E-state index in [0.717, 1.165) is 27.7 Å². The SMILES string of the molecule is Clc1cc(CCCCNC2CC2)c(Cl)s1. The van der Waals surface area contributed by atoms with Gasteiger partial charge in [0, 0.05) is 6.04 Å². The Hall–Kier alpha value is 0.240. The molecule has 15 heavy (non-hydrogen) atoms. The topological polar surface area (TPSA) is 12.0 Å². The molecule has 1 fully saturated rings. The number of unbranched alkanes of at least 4 members (excludes halogenated alkanes) is 1. The highest BCUT2D eigenvalue weighted by atomic mass is 35.5. The fourth-order valence-corrected chi connectivity index (χ4v) is 3.12. The molecule has 84 valence electrons. The first-order valence-electron chi connectivity index (χ1n) is 5.43. The van der Waals surface area contributed by atoms with Crippen molar-refractivity contribution in [2.75, 3.05) is 6.54 Å². The molecule has 1 nitrogen and oxygen atoms in total. The Labute approximate surface area is 105 Å². The van der Waals surface area contributed by atoms with E-state index in [1.807, 2.05) is 6.07 Å². The van der Waals surface area contributed by atoms with Gasteiger partial charge in [0.25, 0.3) is 0 Å². The van der Waals surface area contributed by atoms with Gasteiger partial charge in [0.05, 0.1) is 8.67 Å². The number of nitrogens with one attached hydrogen (secondary N) is 1. The van der Waals surface area contributed by atoms with Gasteiger partial charge in [0.15, 0.2) is 0 Å². The van der Waals surface area contributed by atoms with Gasteiger partial charge in [-0.3, -0.25) is 0 Å². The Morgan fingerprint density at radius 3 is 2.73 bits per heavy atom. The van der Waals surface area contributed by atoms with Crippen LogP contribution in [0.3, 0.4) is 0 Å². The number of hydrogen-bond donors (Lipinski definition) is 1. The summed E-state index contributed by atoms with van der Waals surface area (Å²) in [6.07, 6.45) is 6.19. The third kappa shape index (κ3) is 3.95. The van der Waals surface area contributed by atoms with Crippen molar-refractivity contribution in [3.8, 4) is 0 Å². The molecule has 0 atom stereocenters. The Morgan fingerprint density at radius 2 is 2.13 bits per heavy atom. The van der Waals surface area contributed by atoms with Crippen molar-refractivity contribution in [3.05, 3.63) is 20.3 Å². The second kappa shape index (κ2) is 5.53. The predicted molar refractivity (Wildman–Crippen MR) is 68.3 cm³/mol. The van der Waals surface area contributed by atoms with Gasteiger partial charge in [-0.15, -0.1) is 11.3 Å². The molecule has 0 spiro atoms. The van der Waals surface area contributed by atoms with Crippen molar-refractivity contribution in [1.82, 2.24) is 5.32 Å². The second-order valence-electron chi connectivity index (χ2n) is 4.03. The van der Waals surface area contributed by atoms with Crippen LogP contribution in [0, 0.1) is 0 Å². The summed E-state index contributed by atoms with van der Waals surface area (Å²) in [6.45, 7) is 1.14. The smallest absolute Gasteiger partial charge is 0.0976 e. The number of aryl methyl sites for hydroxylation is 1. The van der Waals surface area contributed by atoms with Gasteiger partial charge in [-0.1, -0.05) is 23.2 Å². The van der Waals surface area contributed by atoms with Crippen molar-refractivity contribution >= 4 is 34.5 Å². The fraction of sp³-hybridized carbons (Fsp3) is 0.636. The molecule has 0 aromatic carbocycles. The molecule has 0 amide bonds. The first kappa shape index (κ1) is 11.7. The minimum Gasteiger partial charge on any atom is -0.314 e. The third-order valence-electron chi connectivity index (χ3n) is 2.61. The zero-order valence-corrected chi connectivity index (χ0v) is 10.9. The van der Waals surface area contributed by atoms with E-state index in [0.29, 0.717) is 0 Å². The zero-order valence-electron chi connectivity index (χ0n) is 8.56. The van der Waals surface area contributed by atoms with Crippen LogP contribution in [0.15, 0.2) is 6.07 Å². The summed E-state index contributed by atoms with van der Waals surface area (Å²) in [5.41, 5.74) is 1.21. The maximum absolute atomic E-state index is 6.04. The van der Waals surface area contributed by atoms with E-state index in [9.17, 15) is 0 Å². The summed E-state index contributed by atoms with van der Waals surface area (Å²) in [7, 11) is 0. The summed E-state index contributed by atoms with van der Waals surface area (Å²) in [5, 5.41) is 3.51. The number of thiophene rings is 1. The molecule has 1 aliphatic carbocycles. The van der Waals surface area contributed by atoms with Gasteiger partial charge in [-0.25, -0.2) is 0 Å². The van der Waals surface area contributed by atoms with E-state index in [1.54, 1.807) is 0 Å². The van der Waals surface area contributed by atoms with Crippen molar-refractivity contribution in [3.63, 3.8) is 0 Å². The average Bonchev–Trinajstić information content (AvgIpc) is 2.94. The van der Waals surface area contributed by atoms with E-state index >= 15 is 0 Å². The molecule has 1 aromatic rings. The van der Waals surface area contributed by atoms with Crippen LogP contribution in [0.2, 0.25) is 8.67 Å². The van der Waals surface area contributed by atoms with Crippen LogP contribution in [-0.2, 0) is 6.42 Å². The second-order valence-corrected chi connectivity index (χ2v) is 6.32. The molecule has 1 N–H and O–H groups in total. The quantitative estimate of drug-likeness (QED) is 0.762. The molecular formula is C11H15Cl2NS. The lowest BCUT2D eigenvalue weighted by Crippen LogP contribution is -2.17. The van der Waals surface area contributed by atoms with Crippen molar-refractivity contribution < 1.29 is 0 Å². The Bertz CT molecular complexity index is 320. The fourth-order valence-electron chi connectivity index (χ4n) is 1.58. The first-order valence-corrected chi connectivity index (χ1v) is 7.00. The van der Waals surface area contributed by atoms with Crippen molar-refractivity contribution in [2.24, 2.45) is 0 Å². The van der Waals surface area contributed by atoms with Crippen LogP contribution in [-0.4, -0.2) is 12.6 Å². The largest absolute Gasteiger partial charge is 0.314 e. The number of halogens is 2. The van der Waals surface area contributed by atoms with Gasteiger partial charge >= 0.3 is 0 Å².